The maximum atomic E-state index is 13.0. The van der Waals surface area contributed by atoms with Crippen LogP contribution in [-0.4, -0.2) is 18.4 Å². The molecule has 1 saturated heterocycles. The summed E-state index contributed by atoms with van der Waals surface area (Å²) >= 11 is 0. The number of alkyl halides is 3. The summed E-state index contributed by atoms with van der Waals surface area (Å²) < 4.78 is 39.1. The first-order chi connectivity index (χ1) is 12.8. The van der Waals surface area contributed by atoms with E-state index in [2.05, 4.69) is 5.32 Å². The Morgan fingerprint density at radius 2 is 1.81 bits per heavy atom. The van der Waals surface area contributed by atoms with Crippen LogP contribution in [0.5, 0.6) is 0 Å². The van der Waals surface area contributed by atoms with Crippen LogP contribution in [0, 0.1) is 17.2 Å². The van der Waals surface area contributed by atoms with E-state index in [1.54, 1.807) is 24.3 Å². The van der Waals surface area contributed by atoms with Crippen LogP contribution in [0.15, 0.2) is 48.5 Å². The van der Waals surface area contributed by atoms with E-state index < -0.39 is 23.6 Å². The summed E-state index contributed by atoms with van der Waals surface area (Å²) in [5.41, 5.74) is -0.306. The summed E-state index contributed by atoms with van der Waals surface area (Å²) in [5.74, 6) is -1.71. The normalized spacial score (nSPS) is 16.9. The smallest absolute Gasteiger partial charge is 0.325 e. The van der Waals surface area contributed by atoms with E-state index in [1.807, 2.05) is 6.07 Å². The number of rotatable bonds is 3. The molecule has 1 fully saturated rings. The Morgan fingerprint density at radius 1 is 1.15 bits per heavy atom. The summed E-state index contributed by atoms with van der Waals surface area (Å²) in [7, 11) is 0. The van der Waals surface area contributed by atoms with Gasteiger partial charge in [-0.3, -0.25) is 9.59 Å². The molecule has 0 saturated carbocycles. The number of nitrogens with one attached hydrogen (secondary N) is 1. The van der Waals surface area contributed by atoms with Gasteiger partial charge in [-0.1, -0.05) is 12.1 Å². The van der Waals surface area contributed by atoms with Crippen molar-refractivity contribution < 1.29 is 22.8 Å². The Bertz CT molecular complexity index is 917. The second kappa shape index (κ2) is 7.11. The van der Waals surface area contributed by atoms with Gasteiger partial charge in [-0.05, 0) is 36.4 Å². The molecule has 138 valence electrons. The van der Waals surface area contributed by atoms with Crippen molar-refractivity contribution in [2.45, 2.75) is 12.6 Å². The average molecular weight is 373 g/mol. The number of anilines is 2. The zero-order valence-electron chi connectivity index (χ0n) is 14.0. The molecule has 1 unspecified atom stereocenters. The molecule has 1 heterocycles. The Kier molecular flexibility index (Phi) is 4.86. The SMILES string of the molecule is N#Cc1ccc(N2CC(C(=O)Nc3ccccc3C(F)(F)F)CC2=O)cc1. The number of hydrogen-bond donors (Lipinski definition) is 1. The number of amides is 2. The van der Waals surface area contributed by atoms with Gasteiger partial charge in [-0.25, -0.2) is 0 Å². The lowest BCUT2D eigenvalue weighted by atomic mass is 10.1. The molecule has 1 aliphatic rings. The van der Waals surface area contributed by atoms with E-state index >= 15 is 0 Å². The number of halogens is 3. The second-order valence-corrected chi connectivity index (χ2v) is 6.10. The molecule has 5 nitrogen and oxygen atoms in total. The third-order valence-electron chi connectivity index (χ3n) is 4.29. The average Bonchev–Trinajstić information content (AvgIpc) is 3.03. The maximum absolute atomic E-state index is 13.0. The lowest BCUT2D eigenvalue weighted by Crippen LogP contribution is -2.28. The van der Waals surface area contributed by atoms with E-state index in [9.17, 15) is 22.8 Å². The van der Waals surface area contributed by atoms with Gasteiger partial charge in [0.2, 0.25) is 11.8 Å². The second-order valence-electron chi connectivity index (χ2n) is 6.10. The number of carbonyl (C=O) groups excluding carboxylic acids is 2. The Balaban J connectivity index is 1.74. The molecule has 3 rings (SSSR count). The number of nitriles is 1. The lowest BCUT2D eigenvalue weighted by Gasteiger charge is -2.18. The molecule has 0 spiro atoms. The minimum absolute atomic E-state index is 0.0603. The summed E-state index contributed by atoms with van der Waals surface area (Å²) in [6.45, 7) is 0.0603. The van der Waals surface area contributed by atoms with Gasteiger partial charge >= 0.3 is 6.18 Å². The van der Waals surface area contributed by atoms with Crippen molar-refractivity contribution in [2.75, 3.05) is 16.8 Å². The number of benzene rings is 2. The highest BCUT2D eigenvalue weighted by atomic mass is 19.4. The van der Waals surface area contributed by atoms with Gasteiger partial charge in [-0.15, -0.1) is 0 Å². The molecule has 2 aromatic carbocycles. The highest BCUT2D eigenvalue weighted by Gasteiger charge is 2.37. The molecular formula is C19H14F3N3O2. The lowest BCUT2D eigenvalue weighted by molar-refractivity contribution is -0.137. The van der Waals surface area contributed by atoms with E-state index in [0.29, 0.717) is 11.3 Å². The van der Waals surface area contributed by atoms with Gasteiger partial charge in [0.15, 0.2) is 0 Å². The van der Waals surface area contributed by atoms with E-state index in [-0.39, 0.29) is 24.6 Å². The third-order valence-corrected chi connectivity index (χ3v) is 4.29. The van der Waals surface area contributed by atoms with Crippen LogP contribution in [0.25, 0.3) is 0 Å². The predicted octanol–water partition coefficient (Wildman–Crippen LogP) is 3.57. The number of carbonyl (C=O) groups is 2. The summed E-state index contributed by atoms with van der Waals surface area (Å²) in [6.07, 6.45) is -4.69. The van der Waals surface area contributed by atoms with Gasteiger partial charge in [0.05, 0.1) is 28.8 Å². The minimum Gasteiger partial charge on any atom is -0.325 e. The van der Waals surface area contributed by atoms with Crippen molar-refractivity contribution >= 4 is 23.2 Å². The van der Waals surface area contributed by atoms with E-state index in [4.69, 9.17) is 5.26 Å². The van der Waals surface area contributed by atoms with E-state index in [0.717, 1.165) is 6.07 Å². The monoisotopic (exact) mass is 373 g/mol. The fourth-order valence-corrected chi connectivity index (χ4v) is 2.92. The van der Waals surface area contributed by atoms with Crippen molar-refractivity contribution in [1.29, 1.82) is 5.26 Å². The molecule has 8 heteroatoms. The predicted molar refractivity (Wildman–Crippen MR) is 91.7 cm³/mol. The van der Waals surface area contributed by atoms with Crippen LogP contribution in [0.2, 0.25) is 0 Å². The maximum Gasteiger partial charge on any atom is 0.418 e. The van der Waals surface area contributed by atoms with Gasteiger partial charge < -0.3 is 10.2 Å². The van der Waals surface area contributed by atoms with Gasteiger partial charge in [0, 0.05) is 18.7 Å². The van der Waals surface area contributed by atoms with Crippen LogP contribution in [0.3, 0.4) is 0 Å². The molecule has 0 bridgehead atoms. The van der Waals surface area contributed by atoms with Crippen LogP contribution < -0.4 is 10.2 Å². The molecule has 1 aliphatic heterocycles. The first-order valence-electron chi connectivity index (χ1n) is 8.07. The van der Waals surface area contributed by atoms with Gasteiger partial charge in [0.25, 0.3) is 0 Å². The molecule has 27 heavy (non-hydrogen) atoms. The molecule has 2 aromatic rings. The zero-order chi connectivity index (χ0) is 19.6. The first-order valence-corrected chi connectivity index (χ1v) is 8.07. The highest BCUT2D eigenvalue weighted by molar-refractivity contribution is 6.03. The third kappa shape index (κ3) is 3.92. The van der Waals surface area contributed by atoms with Gasteiger partial charge in [-0.2, -0.15) is 18.4 Å². The standard InChI is InChI=1S/C19H14F3N3O2/c20-19(21,22)15-3-1-2-4-16(15)24-18(27)13-9-17(26)25(11-13)14-7-5-12(10-23)6-8-14/h1-8,13H,9,11H2,(H,24,27). The molecule has 2 amide bonds. The minimum atomic E-state index is -4.59. The molecule has 1 N–H and O–H groups in total. The topological polar surface area (TPSA) is 73.2 Å². The summed E-state index contributed by atoms with van der Waals surface area (Å²) in [4.78, 5) is 26.0. The van der Waals surface area contributed by atoms with Crippen molar-refractivity contribution in [1.82, 2.24) is 0 Å². The first kappa shape index (κ1) is 18.5. The van der Waals surface area contributed by atoms with Crippen molar-refractivity contribution in [3.63, 3.8) is 0 Å². The Morgan fingerprint density at radius 3 is 2.44 bits per heavy atom. The fraction of sp³-hybridized carbons (Fsp3) is 0.211. The summed E-state index contributed by atoms with van der Waals surface area (Å²) in [5, 5.41) is 11.1. The summed E-state index contributed by atoms with van der Waals surface area (Å²) in [6, 6.07) is 13.0. The van der Waals surface area contributed by atoms with Crippen LogP contribution in [-0.2, 0) is 15.8 Å². The molecule has 0 aromatic heterocycles. The van der Waals surface area contributed by atoms with Crippen molar-refractivity contribution in [2.24, 2.45) is 5.92 Å². The largest absolute Gasteiger partial charge is 0.418 e. The number of hydrogen-bond acceptors (Lipinski definition) is 3. The fourth-order valence-electron chi connectivity index (χ4n) is 2.92. The molecule has 0 aliphatic carbocycles. The van der Waals surface area contributed by atoms with Crippen LogP contribution in [0.1, 0.15) is 17.5 Å². The number of nitrogens with zero attached hydrogens (tertiary/aromatic N) is 2. The molecular weight excluding hydrogens is 359 g/mol. The van der Waals surface area contributed by atoms with Crippen LogP contribution in [0.4, 0.5) is 24.5 Å². The highest BCUT2D eigenvalue weighted by Crippen LogP contribution is 2.35. The Labute approximate surface area is 153 Å². The molecule has 1 atom stereocenters. The van der Waals surface area contributed by atoms with E-state index in [1.165, 1.54) is 23.1 Å². The molecule has 0 radical (unpaired) electrons. The zero-order valence-corrected chi connectivity index (χ0v) is 14.0. The van der Waals surface area contributed by atoms with Crippen molar-refractivity contribution in [3.05, 3.63) is 59.7 Å². The number of para-hydroxylation sites is 1. The van der Waals surface area contributed by atoms with Gasteiger partial charge in [0.1, 0.15) is 0 Å². The quantitative estimate of drug-likeness (QED) is 0.894. The van der Waals surface area contributed by atoms with Crippen LogP contribution >= 0.6 is 0 Å². The van der Waals surface area contributed by atoms with Crippen molar-refractivity contribution in [3.8, 4) is 6.07 Å². The Hall–Kier alpha value is -3.34.